The Morgan fingerprint density at radius 3 is 2.24 bits per heavy atom. The molecule has 0 atom stereocenters. The number of hydrogen-bond donors (Lipinski definition) is 2. The fourth-order valence-corrected chi connectivity index (χ4v) is 1.93. The third-order valence-electron chi connectivity index (χ3n) is 2.98. The van der Waals surface area contributed by atoms with Crippen LogP contribution in [-0.4, -0.2) is 37.6 Å². The monoisotopic (exact) mass is 241 g/mol. The Morgan fingerprint density at radius 1 is 0.941 bits per heavy atom. The lowest BCUT2D eigenvalue weighted by Gasteiger charge is -2.21. The van der Waals surface area contributed by atoms with Gasteiger partial charge in [0.1, 0.15) is 0 Å². The molecule has 0 saturated heterocycles. The summed E-state index contributed by atoms with van der Waals surface area (Å²) in [6.45, 7) is 11.4. The molecule has 0 radical (unpaired) electrons. The smallest absolute Gasteiger partial charge is 0.00185 e. The first kappa shape index (κ1) is 16.6. The highest BCUT2D eigenvalue weighted by Crippen LogP contribution is 2.10. The van der Waals surface area contributed by atoms with Crippen LogP contribution in [0.2, 0.25) is 0 Å². The molecule has 0 saturated carbocycles. The van der Waals surface area contributed by atoms with Crippen molar-refractivity contribution in [2.24, 2.45) is 11.5 Å². The predicted molar refractivity (Wildman–Crippen MR) is 77.1 cm³/mol. The minimum absolute atomic E-state index is 0.789. The van der Waals surface area contributed by atoms with E-state index in [1.165, 1.54) is 25.0 Å². The standard InChI is InChI=1S/C14H31N3/c1-3-11-17(12-6-10-16)13-8-14(2)7-4-5-9-15/h2-13,15-16H2,1H3. The molecule has 0 heterocycles. The van der Waals surface area contributed by atoms with Crippen molar-refractivity contribution >= 4 is 0 Å². The highest BCUT2D eigenvalue weighted by molar-refractivity contribution is 4.94. The number of unbranched alkanes of at least 4 members (excludes halogenated alkanes) is 1. The van der Waals surface area contributed by atoms with E-state index in [9.17, 15) is 0 Å². The SMILES string of the molecule is C=C(CCCCN)CCN(CCC)CCCN. The van der Waals surface area contributed by atoms with Gasteiger partial charge in [-0.25, -0.2) is 0 Å². The van der Waals surface area contributed by atoms with Crippen LogP contribution in [0, 0.1) is 0 Å². The lowest BCUT2D eigenvalue weighted by Crippen LogP contribution is -2.28. The summed E-state index contributed by atoms with van der Waals surface area (Å²) in [5.74, 6) is 0. The van der Waals surface area contributed by atoms with Gasteiger partial charge in [0.05, 0.1) is 0 Å². The summed E-state index contributed by atoms with van der Waals surface area (Å²) in [5, 5.41) is 0. The molecule has 0 rings (SSSR count). The van der Waals surface area contributed by atoms with Gasteiger partial charge in [0.15, 0.2) is 0 Å². The van der Waals surface area contributed by atoms with Gasteiger partial charge < -0.3 is 16.4 Å². The van der Waals surface area contributed by atoms with Crippen LogP contribution in [0.3, 0.4) is 0 Å². The average Bonchev–Trinajstić information content (AvgIpc) is 2.33. The number of rotatable bonds is 12. The van der Waals surface area contributed by atoms with E-state index in [0.29, 0.717) is 0 Å². The van der Waals surface area contributed by atoms with Gasteiger partial charge in [0, 0.05) is 6.54 Å². The molecule has 4 N–H and O–H groups in total. The summed E-state index contributed by atoms with van der Waals surface area (Å²) in [7, 11) is 0. The van der Waals surface area contributed by atoms with Crippen LogP contribution in [0.1, 0.15) is 45.4 Å². The molecular weight excluding hydrogens is 210 g/mol. The second kappa shape index (κ2) is 12.1. The van der Waals surface area contributed by atoms with Gasteiger partial charge in [-0.1, -0.05) is 19.1 Å². The molecule has 0 amide bonds. The van der Waals surface area contributed by atoms with E-state index in [1.54, 1.807) is 0 Å². The predicted octanol–water partition coefficient (Wildman–Crippen LogP) is 2.12. The Morgan fingerprint density at radius 2 is 1.65 bits per heavy atom. The zero-order valence-electron chi connectivity index (χ0n) is 11.6. The maximum atomic E-state index is 5.55. The maximum absolute atomic E-state index is 5.55. The van der Waals surface area contributed by atoms with Crippen LogP contribution in [0.15, 0.2) is 12.2 Å². The van der Waals surface area contributed by atoms with Crippen LogP contribution in [0.5, 0.6) is 0 Å². The maximum Gasteiger partial charge on any atom is 0.00185 e. The van der Waals surface area contributed by atoms with Gasteiger partial charge in [-0.15, -0.1) is 0 Å². The molecule has 0 bridgehead atoms. The average molecular weight is 241 g/mol. The topological polar surface area (TPSA) is 55.3 Å². The minimum Gasteiger partial charge on any atom is -0.330 e. The third-order valence-corrected chi connectivity index (χ3v) is 2.98. The van der Waals surface area contributed by atoms with Crippen LogP contribution >= 0.6 is 0 Å². The van der Waals surface area contributed by atoms with E-state index in [4.69, 9.17) is 11.5 Å². The molecule has 0 aliphatic carbocycles. The Labute approximate surface area is 107 Å². The molecule has 0 aromatic carbocycles. The van der Waals surface area contributed by atoms with Crippen molar-refractivity contribution in [2.75, 3.05) is 32.7 Å². The highest BCUT2D eigenvalue weighted by Gasteiger charge is 2.04. The van der Waals surface area contributed by atoms with Gasteiger partial charge in [0.2, 0.25) is 0 Å². The van der Waals surface area contributed by atoms with E-state index >= 15 is 0 Å². The van der Waals surface area contributed by atoms with E-state index in [1.807, 2.05) is 0 Å². The van der Waals surface area contributed by atoms with Crippen molar-refractivity contribution < 1.29 is 0 Å². The number of nitrogens with zero attached hydrogens (tertiary/aromatic N) is 1. The van der Waals surface area contributed by atoms with Crippen LogP contribution in [0.4, 0.5) is 0 Å². The summed E-state index contributed by atoms with van der Waals surface area (Å²) >= 11 is 0. The Hall–Kier alpha value is -0.380. The Balaban J connectivity index is 3.66. The molecule has 0 aliphatic rings. The van der Waals surface area contributed by atoms with E-state index in [0.717, 1.165) is 51.9 Å². The Kier molecular flexibility index (Phi) is 11.8. The molecule has 3 nitrogen and oxygen atoms in total. The molecular formula is C14H31N3. The quantitative estimate of drug-likeness (QED) is 0.406. The molecule has 0 unspecified atom stereocenters. The number of nitrogens with two attached hydrogens (primary N) is 2. The molecule has 17 heavy (non-hydrogen) atoms. The van der Waals surface area contributed by atoms with Gasteiger partial charge in [-0.3, -0.25) is 0 Å². The van der Waals surface area contributed by atoms with E-state index < -0.39 is 0 Å². The normalized spacial score (nSPS) is 11.1. The fraction of sp³-hybridized carbons (Fsp3) is 0.857. The largest absolute Gasteiger partial charge is 0.330 e. The van der Waals surface area contributed by atoms with Crippen molar-refractivity contribution in [3.05, 3.63) is 12.2 Å². The first-order valence-electron chi connectivity index (χ1n) is 7.03. The van der Waals surface area contributed by atoms with Crippen molar-refractivity contribution in [3.63, 3.8) is 0 Å². The highest BCUT2D eigenvalue weighted by atomic mass is 15.1. The molecule has 0 aliphatic heterocycles. The molecule has 0 aromatic heterocycles. The molecule has 3 heteroatoms. The van der Waals surface area contributed by atoms with Crippen molar-refractivity contribution in [1.82, 2.24) is 4.90 Å². The van der Waals surface area contributed by atoms with Crippen molar-refractivity contribution in [3.8, 4) is 0 Å². The van der Waals surface area contributed by atoms with E-state index in [2.05, 4.69) is 18.4 Å². The minimum atomic E-state index is 0.789. The zero-order valence-corrected chi connectivity index (χ0v) is 11.6. The molecule has 0 aromatic rings. The third kappa shape index (κ3) is 10.5. The van der Waals surface area contributed by atoms with Gasteiger partial charge >= 0.3 is 0 Å². The van der Waals surface area contributed by atoms with Gasteiger partial charge in [0.25, 0.3) is 0 Å². The second-order valence-electron chi connectivity index (χ2n) is 4.73. The zero-order chi connectivity index (χ0) is 12.9. The molecule has 0 spiro atoms. The van der Waals surface area contributed by atoms with Crippen molar-refractivity contribution in [1.29, 1.82) is 0 Å². The van der Waals surface area contributed by atoms with Crippen LogP contribution in [0.25, 0.3) is 0 Å². The number of hydrogen-bond acceptors (Lipinski definition) is 3. The fourth-order valence-electron chi connectivity index (χ4n) is 1.93. The summed E-state index contributed by atoms with van der Waals surface area (Å²) in [5.41, 5.74) is 12.4. The first-order chi connectivity index (χ1) is 8.24. The second-order valence-corrected chi connectivity index (χ2v) is 4.73. The molecule has 102 valence electrons. The van der Waals surface area contributed by atoms with E-state index in [-0.39, 0.29) is 0 Å². The van der Waals surface area contributed by atoms with Gasteiger partial charge in [-0.2, -0.15) is 0 Å². The lowest BCUT2D eigenvalue weighted by atomic mass is 10.1. The first-order valence-corrected chi connectivity index (χ1v) is 7.03. The summed E-state index contributed by atoms with van der Waals surface area (Å²) in [4.78, 5) is 2.50. The van der Waals surface area contributed by atoms with Gasteiger partial charge in [-0.05, 0) is 64.7 Å². The summed E-state index contributed by atoms with van der Waals surface area (Å²) in [6.07, 6.45) is 6.86. The van der Waals surface area contributed by atoms with Crippen LogP contribution < -0.4 is 11.5 Å². The van der Waals surface area contributed by atoms with Crippen LogP contribution in [-0.2, 0) is 0 Å². The summed E-state index contributed by atoms with van der Waals surface area (Å²) < 4.78 is 0. The summed E-state index contributed by atoms with van der Waals surface area (Å²) in [6, 6.07) is 0. The Bertz CT molecular complexity index is 180. The molecule has 0 fully saturated rings. The van der Waals surface area contributed by atoms with Crippen molar-refractivity contribution in [2.45, 2.75) is 45.4 Å². The lowest BCUT2D eigenvalue weighted by molar-refractivity contribution is 0.274.